The van der Waals surface area contributed by atoms with E-state index in [1.807, 2.05) is 0 Å². The number of ether oxygens (including phenoxy) is 1. The SMILES string of the molecule is CC(C)(C)OC(=O)N1C[C@](O)(c2cccs2)C[C@H]1C(=O)O. The molecule has 116 valence electrons. The lowest BCUT2D eigenvalue weighted by atomic mass is 9.98. The van der Waals surface area contributed by atoms with Crippen molar-refractivity contribution in [3.63, 3.8) is 0 Å². The molecule has 1 amide bonds. The predicted octanol–water partition coefficient (Wildman–Crippen LogP) is 2.03. The smallest absolute Gasteiger partial charge is 0.411 e. The van der Waals surface area contributed by atoms with Crippen LogP contribution in [0.15, 0.2) is 17.5 Å². The lowest BCUT2D eigenvalue weighted by Gasteiger charge is -2.27. The molecule has 6 nitrogen and oxygen atoms in total. The standard InChI is InChI=1S/C14H19NO5S/c1-13(2,3)20-12(18)15-8-14(19,7-9(15)11(16)17)10-5-4-6-21-10/h4-6,9,19H,7-8H2,1-3H3,(H,16,17)/t9-,14-/m0/s1. The van der Waals surface area contributed by atoms with Gasteiger partial charge in [0.1, 0.15) is 17.2 Å². The van der Waals surface area contributed by atoms with Crippen LogP contribution < -0.4 is 0 Å². The summed E-state index contributed by atoms with van der Waals surface area (Å²) in [6, 6.07) is 2.43. The summed E-state index contributed by atoms with van der Waals surface area (Å²) in [6.07, 6.45) is -0.760. The van der Waals surface area contributed by atoms with Crippen molar-refractivity contribution in [2.75, 3.05) is 6.54 Å². The van der Waals surface area contributed by atoms with E-state index in [2.05, 4.69) is 0 Å². The Kier molecular flexibility index (Phi) is 3.99. The van der Waals surface area contributed by atoms with Crippen molar-refractivity contribution in [1.29, 1.82) is 0 Å². The highest BCUT2D eigenvalue weighted by molar-refractivity contribution is 7.10. The Morgan fingerprint density at radius 2 is 2.14 bits per heavy atom. The van der Waals surface area contributed by atoms with Crippen LogP contribution in [0.1, 0.15) is 32.1 Å². The van der Waals surface area contributed by atoms with E-state index < -0.39 is 29.3 Å². The van der Waals surface area contributed by atoms with Gasteiger partial charge in [0.05, 0.1) is 6.54 Å². The monoisotopic (exact) mass is 313 g/mol. The molecule has 0 aromatic carbocycles. The fraction of sp³-hybridized carbons (Fsp3) is 0.571. The summed E-state index contributed by atoms with van der Waals surface area (Å²) in [6.45, 7) is 5.05. The summed E-state index contributed by atoms with van der Waals surface area (Å²) in [5, 5.41) is 21.8. The second-order valence-electron chi connectivity index (χ2n) is 6.18. The fourth-order valence-electron chi connectivity index (χ4n) is 2.34. The highest BCUT2D eigenvalue weighted by atomic mass is 32.1. The van der Waals surface area contributed by atoms with Crippen molar-refractivity contribution < 1.29 is 24.5 Å². The van der Waals surface area contributed by atoms with Gasteiger partial charge in [-0.05, 0) is 32.2 Å². The van der Waals surface area contributed by atoms with Crippen molar-refractivity contribution in [2.24, 2.45) is 0 Å². The maximum absolute atomic E-state index is 12.2. The van der Waals surface area contributed by atoms with E-state index in [1.54, 1.807) is 38.3 Å². The molecule has 0 aliphatic carbocycles. The Morgan fingerprint density at radius 1 is 1.48 bits per heavy atom. The number of carboxylic acids is 1. The first-order valence-corrected chi connectivity index (χ1v) is 7.49. The quantitative estimate of drug-likeness (QED) is 0.872. The molecule has 1 saturated heterocycles. The summed E-state index contributed by atoms with van der Waals surface area (Å²) in [7, 11) is 0. The zero-order valence-corrected chi connectivity index (χ0v) is 13.0. The van der Waals surface area contributed by atoms with Gasteiger partial charge in [0.25, 0.3) is 0 Å². The number of aliphatic hydroxyl groups is 1. The average molecular weight is 313 g/mol. The van der Waals surface area contributed by atoms with Gasteiger partial charge in [-0.2, -0.15) is 0 Å². The summed E-state index contributed by atoms with van der Waals surface area (Å²) in [4.78, 5) is 25.3. The number of hydrogen-bond acceptors (Lipinski definition) is 5. The average Bonchev–Trinajstić information content (AvgIpc) is 2.93. The summed E-state index contributed by atoms with van der Waals surface area (Å²) >= 11 is 1.34. The number of hydrogen-bond donors (Lipinski definition) is 2. The minimum absolute atomic E-state index is 0.0396. The Hall–Kier alpha value is -1.60. The molecular weight excluding hydrogens is 294 g/mol. The van der Waals surface area contributed by atoms with Crippen molar-refractivity contribution in [3.05, 3.63) is 22.4 Å². The van der Waals surface area contributed by atoms with Gasteiger partial charge in [-0.3, -0.25) is 4.90 Å². The van der Waals surface area contributed by atoms with E-state index in [1.165, 1.54) is 11.3 Å². The van der Waals surface area contributed by atoms with Crippen molar-refractivity contribution >= 4 is 23.4 Å². The highest BCUT2D eigenvalue weighted by Crippen LogP contribution is 2.38. The number of aliphatic carboxylic acids is 1. The third kappa shape index (κ3) is 3.36. The zero-order chi connectivity index (χ0) is 15.8. The van der Waals surface area contributed by atoms with Gasteiger partial charge in [0.2, 0.25) is 0 Å². The first-order chi connectivity index (χ1) is 9.62. The van der Waals surface area contributed by atoms with Crippen LogP contribution >= 0.6 is 11.3 Å². The molecule has 2 heterocycles. The van der Waals surface area contributed by atoms with Crippen molar-refractivity contribution in [1.82, 2.24) is 4.90 Å². The number of β-amino-alcohol motifs (C(OH)–C–C–N with tert-alkyl or cyclic N) is 1. The van der Waals surface area contributed by atoms with Crippen LogP contribution in [-0.2, 0) is 15.1 Å². The lowest BCUT2D eigenvalue weighted by molar-refractivity contribution is -0.142. The minimum Gasteiger partial charge on any atom is -0.480 e. The summed E-state index contributed by atoms with van der Waals surface area (Å²) < 4.78 is 5.23. The van der Waals surface area contributed by atoms with Crippen LogP contribution in [0.5, 0.6) is 0 Å². The highest BCUT2D eigenvalue weighted by Gasteiger charge is 2.50. The maximum atomic E-state index is 12.2. The van der Waals surface area contributed by atoms with Gasteiger partial charge >= 0.3 is 12.1 Å². The van der Waals surface area contributed by atoms with Crippen LogP contribution in [0.2, 0.25) is 0 Å². The molecular formula is C14H19NO5S. The number of thiophene rings is 1. The van der Waals surface area contributed by atoms with Gasteiger partial charge in [-0.15, -0.1) is 11.3 Å². The fourth-order valence-corrected chi connectivity index (χ4v) is 3.17. The van der Waals surface area contributed by atoms with Gasteiger partial charge < -0.3 is 14.9 Å². The minimum atomic E-state index is -1.34. The van der Waals surface area contributed by atoms with Gasteiger partial charge in [-0.1, -0.05) is 6.07 Å². The second-order valence-corrected chi connectivity index (χ2v) is 7.12. The van der Waals surface area contributed by atoms with Gasteiger partial charge in [0.15, 0.2) is 0 Å². The summed E-state index contributed by atoms with van der Waals surface area (Å²) in [5.74, 6) is -1.15. The van der Waals surface area contributed by atoms with E-state index in [-0.39, 0.29) is 13.0 Å². The molecule has 0 saturated carbocycles. The van der Waals surface area contributed by atoms with Crippen LogP contribution in [0.3, 0.4) is 0 Å². The Bertz CT molecular complexity index is 536. The molecule has 2 N–H and O–H groups in total. The number of amides is 1. The van der Waals surface area contributed by atoms with Crippen LogP contribution in [0.25, 0.3) is 0 Å². The van der Waals surface area contributed by atoms with Crippen LogP contribution in [-0.4, -0.2) is 45.4 Å². The molecule has 0 unspecified atom stereocenters. The van der Waals surface area contributed by atoms with Gasteiger partial charge in [0, 0.05) is 11.3 Å². The number of nitrogens with zero attached hydrogens (tertiary/aromatic N) is 1. The number of rotatable bonds is 2. The molecule has 1 fully saturated rings. The number of carboxylic acid groups (broad SMARTS) is 1. The molecule has 7 heteroatoms. The molecule has 1 aliphatic rings. The first-order valence-electron chi connectivity index (χ1n) is 6.61. The third-order valence-corrected chi connectivity index (χ3v) is 4.30. The summed E-state index contributed by atoms with van der Waals surface area (Å²) in [5.41, 5.74) is -2.06. The van der Waals surface area contributed by atoms with E-state index in [4.69, 9.17) is 4.74 Å². The Morgan fingerprint density at radius 3 is 2.62 bits per heavy atom. The molecule has 0 radical (unpaired) electrons. The molecule has 1 aromatic rings. The number of likely N-dealkylation sites (tertiary alicyclic amines) is 1. The largest absolute Gasteiger partial charge is 0.480 e. The molecule has 0 bridgehead atoms. The van der Waals surface area contributed by atoms with Crippen molar-refractivity contribution in [3.8, 4) is 0 Å². The molecule has 0 spiro atoms. The molecule has 1 aromatic heterocycles. The molecule has 21 heavy (non-hydrogen) atoms. The zero-order valence-electron chi connectivity index (χ0n) is 12.2. The Labute approximate surface area is 127 Å². The Balaban J connectivity index is 2.24. The van der Waals surface area contributed by atoms with E-state index in [0.717, 1.165) is 4.90 Å². The number of carbonyl (C=O) groups is 2. The molecule has 1 aliphatic heterocycles. The third-order valence-electron chi connectivity index (χ3n) is 3.23. The second kappa shape index (κ2) is 5.31. The predicted molar refractivity (Wildman–Crippen MR) is 77.2 cm³/mol. The van der Waals surface area contributed by atoms with E-state index >= 15 is 0 Å². The van der Waals surface area contributed by atoms with Crippen LogP contribution in [0, 0.1) is 0 Å². The first kappa shape index (κ1) is 15.8. The van der Waals surface area contributed by atoms with Gasteiger partial charge in [-0.25, -0.2) is 9.59 Å². The van der Waals surface area contributed by atoms with Crippen LogP contribution in [0.4, 0.5) is 4.79 Å². The van der Waals surface area contributed by atoms with E-state index in [0.29, 0.717) is 4.88 Å². The topological polar surface area (TPSA) is 87.1 Å². The maximum Gasteiger partial charge on any atom is 0.411 e. The normalized spacial score (nSPS) is 25.9. The van der Waals surface area contributed by atoms with E-state index in [9.17, 15) is 19.8 Å². The molecule has 2 atom stereocenters. The molecule has 2 rings (SSSR count). The lowest BCUT2D eigenvalue weighted by Crippen LogP contribution is -2.43. The number of carbonyl (C=O) groups excluding carboxylic acids is 1. The van der Waals surface area contributed by atoms with Crippen molar-refractivity contribution in [2.45, 2.75) is 44.4 Å².